The van der Waals surface area contributed by atoms with E-state index in [1.807, 2.05) is 0 Å². The predicted molar refractivity (Wildman–Crippen MR) is 219 cm³/mol. The molecule has 0 aliphatic carbocycles. The Labute approximate surface area is 372 Å². The highest BCUT2D eigenvalue weighted by Gasteiger charge is 2.52. The summed E-state index contributed by atoms with van der Waals surface area (Å²) in [6.45, 7) is -2.31. The number of hydrogen-bond donors (Lipinski definition) is 13. The van der Waals surface area contributed by atoms with E-state index in [-0.39, 0.29) is 34.2 Å². The molecule has 3 aromatic carbocycles. The zero-order chi connectivity index (χ0) is 47.7. The summed E-state index contributed by atoms with van der Waals surface area (Å²) in [5.74, 6) is -2.69. The maximum absolute atomic E-state index is 13.7. The first-order valence-corrected chi connectivity index (χ1v) is 20.3. The minimum Gasteiger partial charge on any atom is -0.507 e. The average Bonchev–Trinajstić information content (AvgIpc) is 3.30. The predicted octanol–water partition coefficient (Wildman–Crippen LogP) is -2.63. The van der Waals surface area contributed by atoms with E-state index in [0.717, 1.165) is 18.2 Å². The first-order valence-electron chi connectivity index (χ1n) is 20.3. The van der Waals surface area contributed by atoms with Crippen LogP contribution >= 0.6 is 0 Å². The minimum atomic E-state index is -2.07. The number of hydrogen-bond acceptors (Lipinski definition) is 23. The third kappa shape index (κ3) is 9.67. The van der Waals surface area contributed by atoms with Crippen molar-refractivity contribution in [2.75, 3.05) is 26.9 Å². The molecule has 23 nitrogen and oxygen atoms in total. The number of phenols is 3. The van der Waals surface area contributed by atoms with E-state index in [2.05, 4.69) is 0 Å². The molecule has 7 rings (SSSR count). The fraction of sp³-hybridized carbons (Fsp3) is 0.442. The fourth-order valence-electron chi connectivity index (χ4n) is 7.69. The van der Waals surface area contributed by atoms with E-state index >= 15 is 0 Å². The Morgan fingerprint density at radius 3 is 1.98 bits per heavy atom. The highest BCUT2D eigenvalue weighted by molar-refractivity contribution is 5.88. The molecule has 0 amide bonds. The molecule has 3 aliphatic heterocycles. The Bertz CT molecular complexity index is 2420. The highest BCUT2D eigenvalue weighted by Crippen LogP contribution is 2.46. The van der Waals surface area contributed by atoms with Crippen LogP contribution in [-0.4, -0.2) is 185 Å². The van der Waals surface area contributed by atoms with Gasteiger partial charge in [-0.25, -0.2) is 4.79 Å². The number of aliphatic hydroxyl groups excluding tert-OH is 10. The van der Waals surface area contributed by atoms with E-state index in [0.29, 0.717) is 5.56 Å². The number of aliphatic hydroxyl groups is 10. The number of ether oxygens (including phenoxy) is 7. The van der Waals surface area contributed by atoms with Crippen molar-refractivity contribution in [1.82, 2.24) is 0 Å². The quantitative estimate of drug-likeness (QED) is 0.0482. The first-order chi connectivity index (χ1) is 31.4. The summed E-state index contributed by atoms with van der Waals surface area (Å²) >= 11 is 0. The Balaban J connectivity index is 1.11. The van der Waals surface area contributed by atoms with Crippen LogP contribution in [-0.2, 0) is 28.5 Å². The molecular weight excluding hydrogens is 884 g/mol. The summed E-state index contributed by atoms with van der Waals surface area (Å²) < 4.78 is 44.4. The van der Waals surface area contributed by atoms with Crippen LogP contribution in [0.2, 0.25) is 0 Å². The second-order valence-corrected chi connectivity index (χ2v) is 15.6. The van der Waals surface area contributed by atoms with Gasteiger partial charge in [-0.1, -0.05) is 6.07 Å². The van der Waals surface area contributed by atoms with Crippen LogP contribution in [0.15, 0.2) is 69.9 Å². The number of rotatable bonds is 13. The van der Waals surface area contributed by atoms with Crippen molar-refractivity contribution in [3.8, 4) is 40.1 Å². The van der Waals surface area contributed by atoms with E-state index in [4.69, 9.17) is 37.6 Å². The van der Waals surface area contributed by atoms with Crippen molar-refractivity contribution in [1.29, 1.82) is 0 Å². The number of esters is 1. The molecule has 3 fully saturated rings. The summed E-state index contributed by atoms with van der Waals surface area (Å²) in [7, 11) is 1.34. The number of phenolic OH excluding ortho intramolecular Hbond substituents is 3. The highest BCUT2D eigenvalue weighted by atomic mass is 16.7. The normalized spacial score (nSPS) is 32.6. The summed E-state index contributed by atoms with van der Waals surface area (Å²) in [5.41, 5.74) is -1.12. The van der Waals surface area contributed by atoms with Crippen LogP contribution in [0.4, 0.5) is 0 Å². The van der Waals surface area contributed by atoms with Crippen molar-refractivity contribution < 1.29 is 109 Å². The molecule has 4 heterocycles. The lowest BCUT2D eigenvalue weighted by molar-refractivity contribution is -0.342. The Morgan fingerprint density at radius 1 is 0.697 bits per heavy atom. The Hall–Kier alpha value is -5.48. The molecule has 4 aromatic rings. The fourth-order valence-corrected chi connectivity index (χ4v) is 7.69. The van der Waals surface area contributed by atoms with Crippen LogP contribution in [0.1, 0.15) is 17.2 Å². The van der Waals surface area contributed by atoms with E-state index in [1.165, 1.54) is 55.7 Å². The lowest BCUT2D eigenvalue weighted by Gasteiger charge is -2.46. The molecule has 0 unspecified atom stereocenters. The van der Waals surface area contributed by atoms with E-state index < -0.39 is 146 Å². The molecule has 0 bridgehead atoms. The Morgan fingerprint density at radius 2 is 1.32 bits per heavy atom. The minimum absolute atomic E-state index is 0.0779. The second-order valence-electron chi connectivity index (χ2n) is 15.6. The van der Waals surface area contributed by atoms with Gasteiger partial charge in [0.15, 0.2) is 23.2 Å². The molecule has 358 valence electrons. The Kier molecular flexibility index (Phi) is 14.8. The summed E-state index contributed by atoms with van der Waals surface area (Å²) in [5, 5.41) is 137. The first kappa shape index (κ1) is 48.5. The van der Waals surface area contributed by atoms with Gasteiger partial charge < -0.3 is 104 Å². The zero-order valence-corrected chi connectivity index (χ0v) is 34.5. The molecule has 0 spiro atoms. The van der Waals surface area contributed by atoms with Gasteiger partial charge >= 0.3 is 5.97 Å². The van der Waals surface area contributed by atoms with Crippen LogP contribution in [0, 0.1) is 0 Å². The lowest BCUT2D eigenvalue weighted by atomic mass is 9.89. The standard InChI is InChI=1S/C43H48O23/c1-59-23-10-16(2-8-19(23)46)3-9-28(49)60-15-27-33(52)36(55)39(58)43(65-27)66-41-37(56)32(51)25(13-44)63-40(41)30-21(48)12-24-29(34(30)53)20(47)11-22(62-24)17-4-6-18(7-5-17)61-42-38(57)35(54)31(50)26(14-45)64-42/h2-12,25-27,31-33,35-46,48,50-58H,13-15H2,1H3/t25-,26-,27+,31+,32+,33-,35-,36-,37-,38-,39+,40-,41+,42+,43+/m1/s1. The van der Waals surface area contributed by atoms with Crippen LogP contribution in [0.3, 0.4) is 0 Å². The number of carbonyl (C=O) groups excluding carboxylic acids is 1. The van der Waals surface area contributed by atoms with Crippen molar-refractivity contribution in [2.24, 2.45) is 0 Å². The van der Waals surface area contributed by atoms with Gasteiger partial charge in [-0.15, -0.1) is 0 Å². The largest absolute Gasteiger partial charge is 0.507 e. The number of benzene rings is 3. The molecular formula is C43H48O23. The van der Waals surface area contributed by atoms with Gasteiger partial charge in [0.25, 0.3) is 0 Å². The van der Waals surface area contributed by atoms with Gasteiger partial charge in [-0.2, -0.15) is 0 Å². The smallest absolute Gasteiger partial charge is 0.330 e. The maximum atomic E-state index is 13.7. The molecule has 3 aliphatic rings. The topological polar surface area (TPSA) is 375 Å². The van der Waals surface area contributed by atoms with Gasteiger partial charge in [0.05, 0.1) is 25.9 Å². The third-order valence-corrected chi connectivity index (χ3v) is 11.4. The van der Waals surface area contributed by atoms with Gasteiger partial charge in [-0.3, -0.25) is 4.79 Å². The van der Waals surface area contributed by atoms with Crippen molar-refractivity contribution in [3.05, 3.63) is 82.0 Å². The summed E-state index contributed by atoms with van der Waals surface area (Å²) in [6.07, 6.45) is -24.2. The number of aromatic hydroxyl groups is 3. The number of methoxy groups -OCH3 is 1. The lowest BCUT2D eigenvalue weighted by Crippen LogP contribution is -2.63. The SMILES string of the molecule is COc1cc(C=CC(=O)OC[C@@H]2O[C@@H](O[C@H]3[C@H](O)[C@@H](O)[C@@H](CO)O[C@@H]3c3c(O)cc4oc(-c5ccc(O[C@H]6O[C@H](CO)[C@H](O)[C@@H](O)[C@H]6O)cc5)cc(=O)c4c3O)[C@@H](O)[C@H](O)[C@@H]2O)ccc1O. The molecule has 1 aromatic heterocycles. The molecule has 15 atom stereocenters. The average molecular weight is 933 g/mol. The summed E-state index contributed by atoms with van der Waals surface area (Å²) in [4.78, 5) is 26.2. The molecule has 23 heteroatoms. The van der Waals surface area contributed by atoms with Crippen molar-refractivity contribution in [3.63, 3.8) is 0 Å². The van der Waals surface area contributed by atoms with Crippen molar-refractivity contribution >= 4 is 23.0 Å². The molecule has 66 heavy (non-hydrogen) atoms. The number of fused-ring (bicyclic) bond motifs is 1. The van der Waals surface area contributed by atoms with Gasteiger partial charge in [-0.05, 0) is 48.0 Å². The molecule has 13 N–H and O–H groups in total. The van der Waals surface area contributed by atoms with E-state index in [9.17, 15) is 76.0 Å². The van der Waals surface area contributed by atoms with Gasteiger partial charge in [0, 0.05) is 23.8 Å². The molecule has 0 saturated carbocycles. The summed E-state index contributed by atoms with van der Waals surface area (Å²) in [6, 6.07) is 11.8. The monoisotopic (exact) mass is 932 g/mol. The van der Waals surface area contributed by atoms with Crippen LogP contribution in [0.5, 0.6) is 28.7 Å². The second kappa shape index (κ2) is 20.2. The third-order valence-electron chi connectivity index (χ3n) is 11.4. The van der Waals surface area contributed by atoms with Gasteiger partial charge in [0.2, 0.25) is 6.29 Å². The zero-order valence-electron chi connectivity index (χ0n) is 34.5. The molecule has 3 saturated heterocycles. The molecule has 0 radical (unpaired) electrons. The maximum Gasteiger partial charge on any atom is 0.330 e. The van der Waals surface area contributed by atoms with E-state index in [1.54, 1.807) is 0 Å². The van der Waals surface area contributed by atoms with Crippen LogP contribution in [0.25, 0.3) is 28.4 Å². The van der Waals surface area contributed by atoms with Gasteiger partial charge in [0.1, 0.15) is 120 Å². The van der Waals surface area contributed by atoms with Crippen molar-refractivity contribution in [2.45, 2.75) is 91.9 Å². The number of carbonyl (C=O) groups is 1. The van der Waals surface area contributed by atoms with Crippen LogP contribution < -0.4 is 14.9 Å².